The van der Waals surface area contributed by atoms with Crippen molar-refractivity contribution in [2.75, 3.05) is 6.61 Å². The summed E-state index contributed by atoms with van der Waals surface area (Å²) in [6.07, 6.45) is 2.40. The van der Waals surface area contributed by atoms with Crippen LogP contribution in [0.4, 0.5) is 5.69 Å². The minimum absolute atomic E-state index is 0.0162. The van der Waals surface area contributed by atoms with Crippen molar-refractivity contribution in [1.29, 1.82) is 0 Å². The van der Waals surface area contributed by atoms with E-state index in [0.717, 1.165) is 12.4 Å². The molecule has 21 heavy (non-hydrogen) atoms. The SMILES string of the molecule is C[Si](C)(C)CCOCn1cc([N+](=O)[O-])c(-c2nnco2)n1. The van der Waals surface area contributed by atoms with E-state index in [1.54, 1.807) is 0 Å². The zero-order chi connectivity index (χ0) is 15.5. The third-order valence-electron chi connectivity index (χ3n) is 2.72. The first-order chi connectivity index (χ1) is 9.87. The Morgan fingerprint density at radius 1 is 1.48 bits per heavy atom. The second kappa shape index (κ2) is 6.14. The Bertz CT molecular complexity index is 605. The molecule has 0 aliphatic rings. The second-order valence-electron chi connectivity index (χ2n) is 5.75. The van der Waals surface area contributed by atoms with Gasteiger partial charge < -0.3 is 9.15 Å². The van der Waals surface area contributed by atoms with Crippen LogP contribution in [0.1, 0.15) is 0 Å². The first-order valence-electron chi connectivity index (χ1n) is 6.43. The lowest BCUT2D eigenvalue weighted by Crippen LogP contribution is -2.22. The normalized spacial score (nSPS) is 11.8. The molecule has 9 nitrogen and oxygen atoms in total. The van der Waals surface area contributed by atoms with Gasteiger partial charge in [0.1, 0.15) is 12.9 Å². The number of hydrogen-bond donors (Lipinski definition) is 0. The molecular formula is C11H17N5O4Si. The Kier molecular flexibility index (Phi) is 4.48. The standard InChI is InChI=1S/C11H17N5O4Si/c1-21(2,3)5-4-19-8-15-6-9(16(17)18)10(14-15)11-13-12-7-20-11/h6-7H,4-5,8H2,1-3H3. The minimum Gasteiger partial charge on any atom is -0.422 e. The molecule has 0 aliphatic heterocycles. The van der Waals surface area contributed by atoms with Crippen molar-refractivity contribution in [3.05, 3.63) is 22.7 Å². The number of rotatable bonds is 7. The molecule has 0 saturated heterocycles. The summed E-state index contributed by atoms with van der Waals surface area (Å²) in [5.41, 5.74) is -0.139. The van der Waals surface area contributed by atoms with Gasteiger partial charge in [-0.25, -0.2) is 4.68 Å². The number of nitro groups is 1. The highest BCUT2D eigenvalue weighted by atomic mass is 28.3. The van der Waals surface area contributed by atoms with Crippen LogP contribution in [0.2, 0.25) is 25.7 Å². The molecule has 0 aliphatic carbocycles. The molecule has 0 saturated carbocycles. The summed E-state index contributed by atoms with van der Waals surface area (Å²) >= 11 is 0. The molecule has 2 aromatic heterocycles. The Balaban J connectivity index is 2.05. The van der Waals surface area contributed by atoms with Gasteiger partial charge in [0.25, 0.3) is 5.89 Å². The van der Waals surface area contributed by atoms with Gasteiger partial charge in [-0.15, -0.1) is 10.2 Å². The lowest BCUT2D eigenvalue weighted by molar-refractivity contribution is -0.384. The van der Waals surface area contributed by atoms with Crippen molar-refractivity contribution in [1.82, 2.24) is 20.0 Å². The average Bonchev–Trinajstić information content (AvgIpc) is 3.02. The minimum atomic E-state index is -1.16. The van der Waals surface area contributed by atoms with E-state index >= 15 is 0 Å². The zero-order valence-corrected chi connectivity index (χ0v) is 13.1. The molecule has 10 heteroatoms. The van der Waals surface area contributed by atoms with Crippen molar-refractivity contribution in [3.8, 4) is 11.6 Å². The summed E-state index contributed by atoms with van der Waals surface area (Å²) in [6.45, 7) is 7.52. The van der Waals surface area contributed by atoms with Gasteiger partial charge in [0.2, 0.25) is 12.1 Å². The summed E-state index contributed by atoms with van der Waals surface area (Å²) < 4.78 is 11.8. The van der Waals surface area contributed by atoms with Crippen LogP contribution in [-0.4, -0.2) is 39.6 Å². The lowest BCUT2D eigenvalue weighted by atomic mass is 10.4. The fourth-order valence-corrected chi connectivity index (χ4v) is 2.33. The Morgan fingerprint density at radius 2 is 2.24 bits per heavy atom. The van der Waals surface area contributed by atoms with E-state index < -0.39 is 13.0 Å². The Hall–Kier alpha value is -2.07. The molecule has 2 rings (SSSR count). The molecule has 0 spiro atoms. The molecule has 0 unspecified atom stereocenters. The summed E-state index contributed by atoms with van der Waals surface area (Å²) in [4.78, 5) is 10.5. The van der Waals surface area contributed by atoms with E-state index in [2.05, 4.69) is 34.9 Å². The highest BCUT2D eigenvalue weighted by Crippen LogP contribution is 2.26. The summed E-state index contributed by atoms with van der Waals surface area (Å²) in [6, 6.07) is 1.02. The van der Waals surface area contributed by atoms with Crippen LogP contribution in [0.5, 0.6) is 0 Å². The maximum Gasteiger partial charge on any atom is 0.320 e. The molecule has 114 valence electrons. The molecule has 0 N–H and O–H groups in total. The summed E-state index contributed by atoms with van der Waals surface area (Å²) in [5, 5.41) is 22.2. The van der Waals surface area contributed by atoms with Crippen molar-refractivity contribution >= 4 is 13.8 Å². The number of aromatic nitrogens is 4. The van der Waals surface area contributed by atoms with Crippen molar-refractivity contribution < 1.29 is 14.1 Å². The molecule has 0 aromatic carbocycles. The van der Waals surface area contributed by atoms with E-state index in [1.807, 2.05) is 0 Å². The maximum atomic E-state index is 11.0. The van der Waals surface area contributed by atoms with Gasteiger partial charge in [-0.2, -0.15) is 5.10 Å². The molecule has 2 heterocycles. The Morgan fingerprint density at radius 3 is 2.81 bits per heavy atom. The van der Waals surface area contributed by atoms with Crippen molar-refractivity contribution in [2.24, 2.45) is 0 Å². The first-order valence-corrected chi connectivity index (χ1v) is 10.1. The molecule has 0 amide bonds. The van der Waals surface area contributed by atoms with E-state index in [4.69, 9.17) is 9.15 Å². The van der Waals surface area contributed by atoms with Crippen LogP contribution in [0.25, 0.3) is 11.6 Å². The van der Waals surface area contributed by atoms with Crippen LogP contribution in [0.15, 0.2) is 17.0 Å². The monoisotopic (exact) mass is 311 g/mol. The second-order valence-corrected chi connectivity index (χ2v) is 11.4. The van der Waals surface area contributed by atoms with Gasteiger partial charge in [-0.3, -0.25) is 10.1 Å². The van der Waals surface area contributed by atoms with Crippen molar-refractivity contribution in [3.63, 3.8) is 0 Å². The topological polar surface area (TPSA) is 109 Å². The lowest BCUT2D eigenvalue weighted by Gasteiger charge is -2.15. The predicted molar refractivity (Wildman–Crippen MR) is 76.3 cm³/mol. The van der Waals surface area contributed by atoms with Gasteiger partial charge in [0.15, 0.2) is 0 Å². The number of ether oxygens (including phenoxy) is 1. The third kappa shape index (κ3) is 4.19. The zero-order valence-electron chi connectivity index (χ0n) is 12.1. The largest absolute Gasteiger partial charge is 0.422 e. The van der Waals surface area contributed by atoms with Crippen LogP contribution in [-0.2, 0) is 11.5 Å². The van der Waals surface area contributed by atoms with E-state index in [-0.39, 0.29) is 24.0 Å². The molecule has 0 atom stereocenters. The third-order valence-corrected chi connectivity index (χ3v) is 4.43. The predicted octanol–water partition coefficient (Wildman–Crippen LogP) is 2.15. The summed E-state index contributed by atoms with van der Waals surface area (Å²) in [5.74, 6) is 0.0162. The Labute approximate surface area is 122 Å². The van der Waals surface area contributed by atoms with Crippen LogP contribution >= 0.6 is 0 Å². The van der Waals surface area contributed by atoms with Gasteiger partial charge in [0.05, 0.1) is 4.92 Å². The van der Waals surface area contributed by atoms with E-state index in [0.29, 0.717) is 6.61 Å². The van der Waals surface area contributed by atoms with Gasteiger partial charge in [0, 0.05) is 14.7 Å². The van der Waals surface area contributed by atoms with Crippen LogP contribution in [0, 0.1) is 10.1 Å². The number of hydrogen-bond acceptors (Lipinski definition) is 7. The van der Waals surface area contributed by atoms with Crippen LogP contribution in [0.3, 0.4) is 0 Å². The molecule has 0 fully saturated rings. The quantitative estimate of drug-likeness (QED) is 0.333. The van der Waals surface area contributed by atoms with Gasteiger partial charge >= 0.3 is 5.69 Å². The van der Waals surface area contributed by atoms with Gasteiger partial charge in [-0.05, 0) is 6.04 Å². The molecule has 0 radical (unpaired) electrons. The smallest absolute Gasteiger partial charge is 0.320 e. The number of nitrogens with zero attached hydrogens (tertiary/aromatic N) is 5. The first kappa shape index (κ1) is 15.3. The average molecular weight is 311 g/mol. The van der Waals surface area contributed by atoms with Crippen molar-refractivity contribution in [2.45, 2.75) is 32.4 Å². The fraction of sp³-hybridized carbons (Fsp3) is 0.545. The molecular weight excluding hydrogens is 294 g/mol. The highest BCUT2D eigenvalue weighted by molar-refractivity contribution is 6.76. The van der Waals surface area contributed by atoms with E-state index in [9.17, 15) is 10.1 Å². The summed E-state index contributed by atoms with van der Waals surface area (Å²) in [7, 11) is -1.16. The van der Waals surface area contributed by atoms with Gasteiger partial charge in [-0.1, -0.05) is 19.6 Å². The maximum absolute atomic E-state index is 11.0. The molecule has 2 aromatic rings. The highest BCUT2D eigenvalue weighted by Gasteiger charge is 2.24. The molecule has 0 bridgehead atoms. The van der Waals surface area contributed by atoms with Crippen LogP contribution < -0.4 is 0 Å². The van der Waals surface area contributed by atoms with E-state index in [1.165, 1.54) is 10.9 Å². The fourth-order valence-electron chi connectivity index (χ4n) is 1.58.